The summed E-state index contributed by atoms with van der Waals surface area (Å²) in [5, 5.41) is 12.4. The van der Waals surface area contributed by atoms with Gasteiger partial charge in [-0.15, -0.1) is 0 Å². The maximum absolute atomic E-state index is 12.2. The van der Waals surface area contributed by atoms with Crippen LogP contribution >= 0.6 is 11.8 Å². The Bertz CT molecular complexity index is 1040. The third kappa shape index (κ3) is 6.59. The van der Waals surface area contributed by atoms with E-state index < -0.39 is 0 Å². The minimum Gasteiger partial charge on any atom is -0.484 e. The normalized spacial score (nSPS) is 11.2. The van der Waals surface area contributed by atoms with Crippen LogP contribution in [0.1, 0.15) is 32.8 Å². The van der Waals surface area contributed by atoms with E-state index in [-0.39, 0.29) is 12.5 Å². The van der Waals surface area contributed by atoms with Gasteiger partial charge in [-0.1, -0.05) is 50.7 Å². The lowest BCUT2D eigenvalue weighted by molar-refractivity contribution is -0.123. The number of amides is 1. The lowest BCUT2D eigenvalue weighted by Gasteiger charge is -2.11. The molecule has 172 valence electrons. The SMILES string of the molecule is CCCSc1nc(NCC(C)C)c2cnn(CCNC(=O)COc3ccccc3C)c2n1. The van der Waals surface area contributed by atoms with Crippen LogP contribution in [0.4, 0.5) is 5.82 Å². The van der Waals surface area contributed by atoms with E-state index >= 15 is 0 Å². The quantitative estimate of drug-likeness (QED) is 0.315. The molecule has 0 spiro atoms. The van der Waals surface area contributed by atoms with Crippen molar-refractivity contribution in [3.8, 4) is 5.75 Å². The number of thioether (sulfide) groups is 1. The minimum atomic E-state index is -0.169. The number of carbonyl (C=O) groups excluding carboxylic acids is 1. The number of hydrogen-bond acceptors (Lipinski definition) is 7. The molecule has 32 heavy (non-hydrogen) atoms. The summed E-state index contributed by atoms with van der Waals surface area (Å²) in [5.41, 5.74) is 1.77. The molecule has 1 aromatic carbocycles. The number of carbonyl (C=O) groups is 1. The summed E-state index contributed by atoms with van der Waals surface area (Å²) in [7, 11) is 0. The van der Waals surface area contributed by atoms with Gasteiger partial charge in [0.15, 0.2) is 17.4 Å². The van der Waals surface area contributed by atoms with Crippen molar-refractivity contribution in [2.24, 2.45) is 5.92 Å². The van der Waals surface area contributed by atoms with Crippen LogP contribution in [0.5, 0.6) is 5.75 Å². The number of nitrogens with zero attached hydrogens (tertiary/aromatic N) is 4. The summed E-state index contributed by atoms with van der Waals surface area (Å²) in [6.07, 6.45) is 2.84. The number of benzene rings is 1. The molecule has 0 aliphatic rings. The molecule has 0 radical (unpaired) electrons. The molecule has 9 heteroatoms. The van der Waals surface area contributed by atoms with Crippen LogP contribution in [0.15, 0.2) is 35.6 Å². The van der Waals surface area contributed by atoms with Crippen LogP contribution in [0.25, 0.3) is 11.0 Å². The standard InChI is InChI=1S/C23H32N6O2S/c1-5-12-32-23-27-21(25-13-16(2)3)18-14-26-29(22(18)28-23)11-10-24-20(30)15-31-19-9-7-6-8-17(19)4/h6-9,14,16H,5,10-13,15H2,1-4H3,(H,24,30)(H,25,27,28). The fraction of sp³-hybridized carbons (Fsp3) is 0.478. The number of aromatic nitrogens is 4. The van der Waals surface area contributed by atoms with Gasteiger partial charge in [-0.05, 0) is 30.9 Å². The third-order valence-electron chi connectivity index (χ3n) is 4.69. The van der Waals surface area contributed by atoms with Crippen LogP contribution in [0, 0.1) is 12.8 Å². The van der Waals surface area contributed by atoms with Crippen molar-refractivity contribution in [2.75, 3.05) is 30.8 Å². The molecule has 3 aromatic rings. The van der Waals surface area contributed by atoms with Gasteiger partial charge in [0.05, 0.1) is 18.1 Å². The van der Waals surface area contributed by atoms with Gasteiger partial charge in [0.25, 0.3) is 5.91 Å². The summed E-state index contributed by atoms with van der Waals surface area (Å²) in [6.45, 7) is 10.2. The molecule has 0 fully saturated rings. The monoisotopic (exact) mass is 456 g/mol. The van der Waals surface area contributed by atoms with E-state index in [1.165, 1.54) is 0 Å². The zero-order chi connectivity index (χ0) is 22.9. The fourth-order valence-electron chi connectivity index (χ4n) is 3.01. The molecular weight excluding hydrogens is 424 g/mol. The first-order chi connectivity index (χ1) is 15.5. The molecule has 0 saturated carbocycles. The minimum absolute atomic E-state index is 0.0199. The van der Waals surface area contributed by atoms with Crippen molar-refractivity contribution >= 4 is 34.5 Å². The number of nitrogens with one attached hydrogen (secondary N) is 2. The topological polar surface area (TPSA) is 94.0 Å². The Hall–Kier alpha value is -2.81. The van der Waals surface area contributed by atoms with E-state index in [4.69, 9.17) is 14.7 Å². The zero-order valence-corrected chi connectivity index (χ0v) is 20.0. The third-order valence-corrected chi connectivity index (χ3v) is 5.74. The van der Waals surface area contributed by atoms with Gasteiger partial charge < -0.3 is 15.4 Å². The Morgan fingerprint density at radius 2 is 2.06 bits per heavy atom. The Morgan fingerprint density at radius 3 is 2.81 bits per heavy atom. The molecular formula is C23H32N6O2S. The lowest BCUT2D eigenvalue weighted by Crippen LogP contribution is -2.31. The lowest BCUT2D eigenvalue weighted by atomic mass is 10.2. The molecule has 0 aliphatic carbocycles. The molecule has 0 bridgehead atoms. The van der Waals surface area contributed by atoms with Gasteiger partial charge in [-0.2, -0.15) is 5.10 Å². The van der Waals surface area contributed by atoms with Crippen LogP contribution < -0.4 is 15.4 Å². The predicted molar refractivity (Wildman–Crippen MR) is 129 cm³/mol. The Labute approximate surface area is 193 Å². The Morgan fingerprint density at radius 1 is 1.25 bits per heavy atom. The van der Waals surface area contributed by atoms with E-state index in [0.717, 1.165) is 52.0 Å². The maximum atomic E-state index is 12.2. The number of rotatable bonds is 12. The van der Waals surface area contributed by atoms with Crippen molar-refractivity contribution in [1.29, 1.82) is 0 Å². The molecule has 2 N–H and O–H groups in total. The van der Waals surface area contributed by atoms with Crippen molar-refractivity contribution in [3.05, 3.63) is 36.0 Å². The number of fused-ring (bicyclic) bond motifs is 1. The maximum Gasteiger partial charge on any atom is 0.258 e. The second kappa shape index (κ2) is 11.7. The second-order valence-electron chi connectivity index (χ2n) is 7.99. The molecule has 0 atom stereocenters. The predicted octanol–water partition coefficient (Wildman–Crippen LogP) is 3.90. The van der Waals surface area contributed by atoms with Crippen molar-refractivity contribution in [1.82, 2.24) is 25.1 Å². The number of anilines is 1. The zero-order valence-electron chi connectivity index (χ0n) is 19.2. The van der Waals surface area contributed by atoms with E-state index in [1.807, 2.05) is 35.9 Å². The molecule has 3 rings (SSSR count). The highest BCUT2D eigenvalue weighted by Gasteiger charge is 2.14. The van der Waals surface area contributed by atoms with Crippen LogP contribution in [0.3, 0.4) is 0 Å². The van der Waals surface area contributed by atoms with E-state index in [1.54, 1.807) is 18.0 Å². The van der Waals surface area contributed by atoms with Gasteiger partial charge >= 0.3 is 0 Å². The Kier molecular flexibility index (Phi) is 8.72. The smallest absolute Gasteiger partial charge is 0.258 e. The first kappa shape index (κ1) is 23.8. The highest BCUT2D eigenvalue weighted by molar-refractivity contribution is 7.99. The molecule has 2 aromatic heterocycles. The van der Waals surface area contributed by atoms with Gasteiger partial charge in [0.1, 0.15) is 11.6 Å². The van der Waals surface area contributed by atoms with E-state index in [9.17, 15) is 4.79 Å². The van der Waals surface area contributed by atoms with Crippen molar-refractivity contribution in [2.45, 2.75) is 45.8 Å². The summed E-state index contributed by atoms with van der Waals surface area (Å²) >= 11 is 1.64. The second-order valence-corrected chi connectivity index (χ2v) is 9.05. The highest BCUT2D eigenvalue weighted by Crippen LogP contribution is 2.25. The summed E-state index contributed by atoms with van der Waals surface area (Å²) in [5.74, 6) is 2.82. The van der Waals surface area contributed by atoms with Crippen LogP contribution in [0.2, 0.25) is 0 Å². The van der Waals surface area contributed by atoms with E-state index in [0.29, 0.717) is 19.0 Å². The average molecular weight is 457 g/mol. The molecule has 0 saturated heterocycles. The number of aryl methyl sites for hydroxylation is 1. The molecule has 0 aliphatic heterocycles. The van der Waals surface area contributed by atoms with Gasteiger partial charge in [0, 0.05) is 18.8 Å². The fourth-order valence-corrected chi connectivity index (χ4v) is 3.70. The van der Waals surface area contributed by atoms with Gasteiger partial charge in [-0.25, -0.2) is 14.6 Å². The van der Waals surface area contributed by atoms with Crippen LogP contribution in [-0.4, -0.2) is 51.1 Å². The number of para-hydroxylation sites is 1. The first-order valence-electron chi connectivity index (χ1n) is 11.0. The van der Waals surface area contributed by atoms with E-state index in [2.05, 4.69) is 36.5 Å². The Balaban J connectivity index is 1.62. The van der Waals surface area contributed by atoms with Crippen molar-refractivity contribution < 1.29 is 9.53 Å². The molecule has 0 unspecified atom stereocenters. The molecule has 1 amide bonds. The van der Waals surface area contributed by atoms with Gasteiger partial charge in [-0.3, -0.25) is 4.79 Å². The summed E-state index contributed by atoms with van der Waals surface area (Å²) in [4.78, 5) is 21.6. The van der Waals surface area contributed by atoms with Gasteiger partial charge in [0.2, 0.25) is 0 Å². The average Bonchev–Trinajstić information content (AvgIpc) is 3.18. The van der Waals surface area contributed by atoms with Crippen LogP contribution in [-0.2, 0) is 11.3 Å². The molecule has 2 heterocycles. The largest absolute Gasteiger partial charge is 0.484 e. The molecule has 8 nitrogen and oxygen atoms in total. The highest BCUT2D eigenvalue weighted by atomic mass is 32.2. The van der Waals surface area contributed by atoms with Crippen molar-refractivity contribution in [3.63, 3.8) is 0 Å². The number of ether oxygens (including phenoxy) is 1. The summed E-state index contributed by atoms with van der Waals surface area (Å²) < 4.78 is 7.42. The summed E-state index contributed by atoms with van der Waals surface area (Å²) in [6, 6.07) is 7.64. The number of hydrogen-bond donors (Lipinski definition) is 2. The first-order valence-corrected chi connectivity index (χ1v) is 12.0.